The molecule has 1 fully saturated rings. The van der Waals surface area contributed by atoms with Crippen LogP contribution in [0.4, 0.5) is 10.2 Å². The van der Waals surface area contributed by atoms with Crippen molar-refractivity contribution >= 4 is 22.8 Å². The van der Waals surface area contributed by atoms with Gasteiger partial charge in [-0.25, -0.2) is 14.2 Å². The minimum absolute atomic E-state index is 0.00376. The maximum Gasteiger partial charge on any atom is 0.341 e. The van der Waals surface area contributed by atoms with Gasteiger partial charge < -0.3 is 14.6 Å². The van der Waals surface area contributed by atoms with E-state index in [1.165, 1.54) is 6.20 Å². The van der Waals surface area contributed by atoms with Gasteiger partial charge in [0, 0.05) is 43.0 Å². The van der Waals surface area contributed by atoms with Crippen LogP contribution in [0.2, 0.25) is 0 Å². The minimum Gasteiger partial charge on any atom is -0.477 e. The summed E-state index contributed by atoms with van der Waals surface area (Å²) in [6, 6.07) is 1.22. The zero-order valence-corrected chi connectivity index (χ0v) is 14.3. The normalized spacial score (nSPS) is 16.6. The van der Waals surface area contributed by atoms with Crippen LogP contribution in [-0.2, 0) is 13.0 Å². The minimum atomic E-state index is -1.32. The number of carbonyl (C=O) groups is 1. The summed E-state index contributed by atoms with van der Waals surface area (Å²) in [6.45, 7) is 1.05. The molecule has 0 bridgehead atoms. The summed E-state index contributed by atoms with van der Waals surface area (Å²) in [7, 11) is 0. The molecule has 9 heteroatoms. The average molecular weight is 369 g/mol. The lowest BCUT2D eigenvalue weighted by Gasteiger charge is -2.28. The zero-order chi connectivity index (χ0) is 18.7. The molecular weight excluding hydrogens is 353 g/mol. The molecule has 1 aliphatic carbocycles. The van der Waals surface area contributed by atoms with E-state index in [-0.39, 0.29) is 22.8 Å². The summed E-state index contributed by atoms with van der Waals surface area (Å²) in [4.78, 5) is 30.2. The van der Waals surface area contributed by atoms with Crippen LogP contribution >= 0.6 is 0 Å². The molecule has 8 nitrogen and oxygen atoms in total. The molecule has 0 atom stereocenters. The van der Waals surface area contributed by atoms with Gasteiger partial charge in [-0.3, -0.25) is 9.89 Å². The molecule has 3 aromatic heterocycles. The van der Waals surface area contributed by atoms with Gasteiger partial charge in [0.1, 0.15) is 11.2 Å². The highest BCUT2D eigenvalue weighted by Crippen LogP contribution is 2.37. The van der Waals surface area contributed by atoms with E-state index in [9.17, 15) is 19.1 Å². The fourth-order valence-electron chi connectivity index (χ4n) is 3.65. The van der Waals surface area contributed by atoms with Crippen molar-refractivity contribution in [1.82, 2.24) is 19.7 Å². The van der Waals surface area contributed by atoms with Crippen LogP contribution in [0, 0.1) is 5.82 Å². The van der Waals surface area contributed by atoms with Crippen LogP contribution < -0.4 is 10.3 Å². The number of carboxylic acid groups (broad SMARTS) is 1. The number of hydrogen-bond acceptors (Lipinski definition) is 5. The van der Waals surface area contributed by atoms with Crippen LogP contribution in [0.1, 0.15) is 40.5 Å². The summed E-state index contributed by atoms with van der Waals surface area (Å²) < 4.78 is 16.5. The second kappa shape index (κ2) is 5.63. The van der Waals surface area contributed by atoms with E-state index in [2.05, 4.69) is 15.2 Å². The third-order valence-corrected chi connectivity index (χ3v) is 5.21. The second-order valence-electron chi connectivity index (χ2n) is 7.03. The van der Waals surface area contributed by atoms with Crippen molar-refractivity contribution in [3.63, 3.8) is 0 Å². The Bertz CT molecular complexity index is 1150. The van der Waals surface area contributed by atoms with Gasteiger partial charge in [-0.1, -0.05) is 0 Å². The summed E-state index contributed by atoms with van der Waals surface area (Å²) in [6.07, 6.45) is 5.52. The van der Waals surface area contributed by atoms with Crippen LogP contribution in [0.15, 0.2) is 23.3 Å². The number of aromatic carboxylic acids is 1. The average Bonchev–Trinajstić information content (AvgIpc) is 3.38. The lowest BCUT2D eigenvalue weighted by atomic mass is 10.1. The first-order valence-corrected chi connectivity index (χ1v) is 8.77. The molecule has 0 spiro atoms. The van der Waals surface area contributed by atoms with Gasteiger partial charge in [0.15, 0.2) is 11.6 Å². The molecule has 27 heavy (non-hydrogen) atoms. The van der Waals surface area contributed by atoms with Crippen molar-refractivity contribution in [2.45, 2.75) is 31.8 Å². The van der Waals surface area contributed by atoms with E-state index in [1.807, 2.05) is 4.90 Å². The molecular formula is C18H16FN5O3. The Balaban J connectivity index is 1.68. The molecule has 138 valence electrons. The number of aromatic nitrogens is 4. The van der Waals surface area contributed by atoms with E-state index in [1.54, 1.807) is 10.8 Å². The molecule has 2 N–H and O–H groups in total. The summed E-state index contributed by atoms with van der Waals surface area (Å²) in [5.41, 5.74) is 1.30. The van der Waals surface area contributed by atoms with Gasteiger partial charge in [0.25, 0.3) is 0 Å². The first-order valence-electron chi connectivity index (χ1n) is 8.77. The highest BCUT2D eigenvalue weighted by atomic mass is 19.1. The fraction of sp³-hybridized carbons (Fsp3) is 0.333. The summed E-state index contributed by atoms with van der Waals surface area (Å²) in [5.74, 6) is -1.77. The molecule has 0 saturated heterocycles. The van der Waals surface area contributed by atoms with Gasteiger partial charge in [-0.05, 0) is 18.9 Å². The van der Waals surface area contributed by atoms with Crippen molar-refractivity contribution in [3.8, 4) is 0 Å². The predicted octanol–water partition coefficient (Wildman–Crippen LogP) is 1.85. The molecule has 4 heterocycles. The number of rotatable bonds is 3. The molecule has 0 aromatic carbocycles. The standard InChI is InChI=1S/C18H16FN5O3/c19-13-5-11-15(25)12(18(26)27)8-24(10-1-2-10)16(11)21-17(13)23-4-3-14-9(7-23)6-20-22-14/h5-6,8,10H,1-4,7H2,(H,20,22)(H,26,27). The largest absolute Gasteiger partial charge is 0.477 e. The van der Waals surface area contributed by atoms with Crippen molar-refractivity contribution in [2.24, 2.45) is 0 Å². The monoisotopic (exact) mass is 369 g/mol. The van der Waals surface area contributed by atoms with Gasteiger partial charge in [-0.2, -0.15) is 5.10 Å². The van der Waals surface area contributed by atoms with E-state index < -0.39 is 17.2 Å². The first kappa shape index (κ1) is 16.0. The molecule has 3 aromatic rings. The van der Waals surface area contributed by atoms with Crippen LogP contribution in [0.3, 0.4) is 0 Å². The van der Waals surface area contributed by atoms with Crippen molar-refractivity contribution in [2.75, 3.05) is 11.4 Å². The maximum atomic E-state index is 14.8. The highest BCUT2D eigenvalue weighted by Gasteiger charge is 2.29. The smallest absolute Gasteiger partial charge is 0.341 e. The Hall–Kier alpha value is -3.23. The first-order chi connectivity index (χ1) is 13.0. The molecule has 1 saturated carbocycles. The van der Waals surface area contributed by atoms with E-state index in [0.29, 0.717) is 25.2 Å². The number of anilines is 1. The quantitative estimate of drug-likeness (QED) is 0.730. The zero-order valence-electron chi connectivity index (χ0n) is 14.3. The summed E-state index contributed by atoms with van der Waals surface area (Å²) >= 11 is 0. The molecule has 0 unspecified atom stereocenters. The Morgan fingerprint density at radius 3 is 2.93 bits per heavy atom. The highest BCUT2D eigenvalue weighted by molar-refractivity contribution is 5.92. The predicted molar refractivity (Wildman–Crippen MR) is 94.5 cm³/mol. The number of hydrogen-bond donors (Lipinski definition) is 2. The topological polar surface area (TPSA) is 104 Å². The fourth-order valence-corrected chi connectivity index (χ4v) is 3.65. The van der Waals surface area contributed by atoms with Gasteiger partial charge >= 0.3 is 5.97 Å². The number of pyridine rings is 2. The lowest BCUT2D eigenvalue weighted by Crippen LogP contribution is -2.32. The molecule has 0 amide bonds. The number of carboxylic acids is 1. The number of fused-ring (bicyclic) bond motifs is 2. The van der Waals surface area contributed by atoms with Crippen LogP contribution in [0.5, 0.6) is 0 Å². The number of aromatic amines is 1. The number of halogens is 1. The Morgan fingerprint density at radius 1 is 1.37 bits per heavy atom. The third kappa shape index (κ3) is 2.49. The molecule has 5 rings (SSSR count). The van der Waals surface area contributed by atoms with Crippen LogP contribution in [-0.4, -0.2) is 37.4 Å². The van der Waals surface area contributed by atoms with Gasteiger partial charge in [0.05, 0.1) is 11.6 Å². The van der Waals surface area contributed by atoms with E-state index in [0.717, 1.165) is 30.2 Å². The van der Waals surface area contributed by atoms with Crippen molar-refractivity contribution < 1.29 is 14.3 Å². The number of nitrogens with zero attached hydrogens (tertiary/aromatic N) is 4. The van der Waals surface area contributed by atoms with Gasteiger partial charge in [-0.15, -0.1) is 0 Å². The lowest BCUT2D eigenvalue weighted by molar-refractivity contribution is 0.0695. The number of nitrogens with one attached hydrogen (secondary N) is 1. The Kier molecular flexibility index (Phi) is 3.33. The van der Waals surface area contributed by atoms with Gasteiger partial charge in [0.2, 0.25) is 5.43 Å². The maximum absolute atomic E-state index is 14.8. The summed E-state index contributed by atoms with van der Waals surface area (Å²) in [5, 5.41) is 16.3. The Morgan fingerprint density at radius 2 is 2.19 bits per heavy atom. The molecule has 2 aliphatic rings. The number of H-pyrrole nitrogens is 1. The Labute approximate surface area is 152 Å². The third-order valence-electron chi connectivity index (χ3n) is 5.21. The van der Waals surface area contributed by atoms with E-state index >= 15 is 0 Å². The van der Waals surface area contributed by atoms with E-state index in [4.69, 9.17) is 0 Å². The SMILES string of the molecule is O=C(O)c1cn(C2CC2)c2nc(N3CCc4[nH]ncc4C3)c(F)cc2c1=O. The second-order valence-corrected chi connectivity index (χ2v) is 7.03. The van der Waals surface area contributed by atoms with Crippen molar-refractivity contribution in [3.05, 3.63) is 51.3 Å². The molecule has 1 aliphatic heterocycles. The molecule has 0 radical (unpaired) electrons. The van der Waals surface area contributed by atoms with Crippen LogP contribution in [0.25, 0.3) is 11.0 Å². The van der Waals surface area contributed by atoms with Crippen molar-refractivity contribution in [1.29, 1.82) is 0 Å².